The quantitative estimate of drug-likeness (QED) is 0.636. The minimum absolute atomic E-state index is 0.00120. The largest absolute Gasteiger partial charge is 0.497 e. The molecular formula is C28H34N4O3. The highest BCUT2D eigenvalue weighted by Crippen LogP contribution is 2.45. The molecule has 1 aliphatic carbocycles. The van der Waals surface area contributed by atoms with Gasteiger partial charge in [0.2, 0.25) is 5.91 Å². The van der Waals surface area contributed by atoms with Crippen molar-refractivity contribution in [1.29, 1.82) is 0 Å². The average molecular weight is 475 g/mol. The first-order valence-electron chi connectivity index (χ1n) is 13.1. The Kier molecular flexibility index (Phi) is 5.96. The van der Waals surface area contributed by atoms with E-state index in [0.29, 0.717) is 23.6 Å². The van der Waals surface area contributed by atoms with Crippen LogP contribution in [0.3, 0.4) is 0 Å². The fraction of sp³-hybridized carbons (Fsp3) is 0.536. The van der Waals surface area contributed by atoms with E-state index in [9.17, 15) is 9.59 Å². The van der Waals surface area contributed by atoms with Crippen molar-refractivity contribution in [2.45, 2.75) is 57.2 Å². The van der Waals surface area contributed by atoms with Crippen molar-refractivity contribution in [3.63, 3.8) is 0 Å². The Bertz CT molecular complexity index is 1190. The van der Waals surface area contributed by atoms with E-state index in [0.717, 1.165) is 37.2 Å². The monoisotopic (exact) mass is 474 g/mol. The van der Waals surface area contributed by atoms with Crippen molar-refractivity contribution in [3.8, 4) is 17.0 Å². The highest BCUT2D eigenvalue weighted by molar-refractivity contribution is 5.77. The summed E-state index contributed by atoms with van der Waals surface area (Å²) in [4.78, 5) is 31.0. The summed E-state index contributed by atoms with van der Waals surface area (Å²) >= 11 is 0. The Morgan fingerprint density at radius 2 is 1.94 bits per heavy atom. The summed E-state index contributed by atoms with van der Waals surface area (Å²) in [5.74, 6) is 1.90. The van der Waals surface area contributed by atoms with E-state index in [4.69, 9.17) is 4.74 Å². The lowest BCUT2D eigenvalue weighted by atomic mass is 9.68. The maximum absolute atomic E-state index is 13.6. The van der Waals surface area contributed by atoms with E-state index in [-0.39, 0.29) is 24.1 Å². The van der Waals surface area contributed by atoms with Gasteiger partial charge in [-0.25, -0.2) is 4.68 Å². The fourth-order valence-corrected chi connectivity index (χ4v) is 6.95. The number of carbonyl (C=O) groups excluding carboxylic acids is 1. The van der Waals surface area contributed by atoms with Gasteiger partial charge >= 0.3 is 0 Å². The fourth-order valence-electron chi connectivity index (χ4n) is 6.95. The zero-order chi connectivity index (χ0) is 23.9. The zero-order valence-corrected chi connectivity index (χ0v) is 20.4. The molecule has 4 aliphatic rings. The van der Waals surface area contributed by atoms with E-state index in [1.54, 1.807) is 13.2 Å². The number of aromatic nitrogens is 2. The van der Waals surface area contributed by atoms with Crippen molar-refractivity contribution < 1.29 is 9.53 Å². The number of fused-ring (bicyclic) bond motifs is 6. The number of methoxy groups -OCH3 is 1. The summed E-state index contributed by atoms with van der Waals surface area (Å²) in [6.45, 7) is 3.03. The SMILES string of the molecule is COc1ccc(-c2ccc(=O)n(CC(=O)N3CCCC4=C[C@H]5C[C@@H](CN6CCCCC56)C43)n2)cc1. The maximum Gasteiger partial charge on any atom is 0.267 e. The van der Waals surface area contributed by atoms with Crippen LogP contribution in [0.5, 0.6) is 5.75 Å². The molecule has 7 nitrogen and oxygen atoms in total. The van der Waals surface area contributed by atoms with Crippen LogP contribution in [0.25, 0.3) is 11.3 Å². The molecule has 0 N–H and O–H groups in total. The Labute approximate surface area is 206 Å². The predicted molar refractivity (Wildman–Crippen MR) is 134 cm³/mol. The van der Waals surface area contributed by atoms with E-state index in [1.165, 1.54) is 48.5 Å². The lowest BCUT2D eigenvalue weighted by Crippen LogP contribution is -2.60. The first kappa shape index (κ1) is 22.5. The third-order valence-corrected chi connectivity index (χ3v) is 8.51. The van der Waals surface area contributed by atoms with Gasteiger partial charge in [-0.2, -0.15) is 5.10 Å². The molecule has 1 aromatic carbocycles. The van der Waals surface area contributed by atoms with Crippen molar-refractivity contribution in [2.24, 2.45) is 11.8 Å². The van der Waals surface area contributed by atoms with Crippen LogP contribution in [-0.2, 0) is 11.3 Å². The van der Waals surface area contributed by atoms with Crippen LogP contribution in [0.2, 0.25) is 0 Å². The summed E-state index contributed by atoms with van der Waals surface area (Å²) in [5, 5.41) is 4.55. The molecule has 0 saturated carbocycles. The first-order chi connectivity index (χ1) is 17.1. The Morgan fingerprint density at radius 1 is 1.09 bits per heavy atom. The van der Waals surface area contributed by atoms with Gasteiger partial charge in [-0.05, 0) is 80.8 Å². The molecule has 6 rings (SSSR count). The van der Waals surface area contributed by atoms with Crippen LogP contribution in [0.1, 0.15) is 38.5 Å². The van der Waals surface area contributed by atoms with E-state index in [2.05, 4.69) is 21.0 Å². The molecule has 3 fully saturated rings. The number of likely N-dealkylation sites (tertiary alicyclic amines) is 1. The van der Waals surface area contributed by atoms with E-state index in [1.807, 2.05) is 24.3 Å². The molecule has 2 bridgehead atoms. The predicted octanol–water partition coefficient (Wildman–Crippen LogP) is 3.34. The van der Waals surface area contributed by atoms with Gasteiger partial charge < -0.3 is 9.64 Å². The zero-order valence-electron chi connectivity index (χ0n) is 20.4. The molecule has 1 amide bonds. The average Bonchev–Trinajstić information content (AvgIpc) is 2.89. The third-order valence-electron chi connectivity index (χ3n) is 8.51. The van der Waals surface area contributed by atoms with Gasteiger partial charge in [-0.15, -0.1) is 0 Å². The van der Waals surface area contributed by atoms with Crippen molar-refractivity contribution in [1.82, 2.24) is 19.6 Å². The molecule has 35 heavy (non-hydrogen) atoms. The summed E-state index contributed by atoms with van der Waals surface area (Å²) in [5.41, 5.74) is 2.76. The first-order valence-corrected chi connectivity index (χ1v) is 13.1. The molecule has 2 unspecified atom stereocenters. The van der Waals surface area contributed by atoms with Gasteiger partial charge in [0.05, 0.1) is 18.8 Å². The van der Waals surface area contributed by atoms with Crippen molar-refractivity contribution >= 4 is 5.91 Å². The molecule has 0 spiro atoms. The highest BCUT2D eigenvalue weighted by Gasteiger charge is 2.46. The van der Waals surface area contributed by atoms with Crippen LogP contribution in [-0.4, -0.2) is 64.3 Å². The van der Waals surface area contributed by atoms with Gasteiger partial charge in [-0.1, -0.05) is 18.1 Å². The number of amides is 1. The van der Waals surface area contributed by atoms with Gasteiger partial charge in [0.15, 0.2) is 0 Å². The van der Waals surface area contributed by atoms with Gasteiger partial charge in [-0.3, -0.25) is 14.5 Å². The molecule has 4 heterocycles. The van der Waals surface area contributed by atoms with Crippen LogP contribution in [0.4, 0.5) is 0 Å². The number of carbonyl (C=O) groups is 1. The number of hydrogen-bond donors (Lipinski definition) is 0. The van der Waals surface area contributed by atoms with Gasteiger partial charge in [0.1, 0.15) is 12.3 Å². The Balaban J connectivity index is 1.24. The molecular weight excluding hydrogens is 440 g/mol. The summed E-state index contributed by atoms with van der Waals surface area (Å²) in [7, 11) is 1.63. The van der Waals surface area contributed by atoms with Gasteiger partial charge in [0, 0.05) is 30.8 Å². The van der Waals surface area contributed by atoms with Crippen LogP contribution in [0, 0.1) is 11.8 Å². The molecule has 3 saturated heterocycles. The number of rotatable bonds is 4. The second kappa shape index (κ2) is 9.26. The summed E-state index contributed by atoms with van der Waals surface area (Å²) < 4.78 is 6.56. The van der Waals surface area contributed by atoms with Crippen LogP contribution < -0.4 is 10.3 Å². The topological polar surface area (TPSA) is 67.7 Å². The minimum atomic E-state index is -0.249. The number of nitrogens with zero attached hydrogens (tertiary/aromatic N) is 4. The van der Waals surface area contributed by atoms with Gasteiger partial charge in [0.25, 0.3) is 5.56 Å². The number of ether oxygens (including phenoxy) is 1. The molecule has 3 aliphatic heterocycles. The van der Waals surface area contributed by atoms with Crippen LogP contribution in [0.15, 0.2) is 52.8 Å². The summed E-state index contributed by atoms with van der Waals surface area (Å²) in [6, 6.07) is 11.7. The Morgan fingerprint density at radius 3 is 2.77 bits per heavy atom. The lowest BCUT2D eigenvalue weighted by Gasteiger charge is -2.54. The van der Waals surface area contributed by atoms with Crippen LogP contribution >= 0.6 is 0 Å². The second-order valence-electron chi connectivity index (χ2n) is 10.5. The second-order valence-corrected chi connectivity index (χ2v) is 10.5. The Hall–Kier alpha value is -2.93. The smallest absolute Gasteiger partial charge is 0.267 e. The minimum Gasteiger partial charge on any atom is -0.497 e. The molecule has 0 radical (unpaired) electrons. The third kappa shape index (κ3) is 4.20. The number of hydrogen-bond acceptors (Lipinski definition) is 5. The molecule has 184 valence electrons. The molecule has 7 heteroatoms. The van der Waals surface area contributed by atoms with Crippen molar-refractivity contribution in [3.05, 3.63) is 58.4 Å². The lowest BCUT2D eigenvalue weighted by molar-refractivity contribution is -0.137. The van der Waals surface area contributed by atoms with E-state index < -0.39 is 0 Å². The number of benzene rings is 1. The maximum atomic E-state index is 13.6. The van der Waals surface area contributed by atoms with Crippen molar-refractivity contribution in [2.75, 3.05) is 26.7 Å². The molecule has 2 aromatic rings. The standard InChI is InChI=1S/C28H34N4O3/c1-35-23-9-7-19(8-10-23)24-11-12-26(33)32(29-24)18-27(34)31-14-4-5-20-15-21-16-22(28(20)31)17-30-13-3-2-6-25(21)30/h7-12,15,21-22,25,28H,2-6,13-14,16-18H2,1H3/t21-,22-,25?,28?/m0/s1. The normalized spacial score (nSPS) is 28.0. The highest BCUT2D eigenvalue weighted by atomic mass is 16.5. The molecule has 4 atom stereocenters. The van der Waals surface area contributed by atoms with E-state index >= 15 is 0 Å². The molecule has 1 aromatic heterocycles. The summed E-state index contributed by atoms with van der Waals surface area (Å²) in [6.07, 6.45) is 9.75. The number of piperidine rings is 3.